The van der Waals surface area contributed by atoms with Crippen LogP contribution >= 0.6 is 0 Å². The molecule has 2 aromatic rings. The van der Waals surface area contributed by atoms with Crippen molar-refractivity contribution in [2.75, 3.05) is 13.1 Å². The summed E-state index contributed by atoms with van der Waals surface area (Å²) in [6.45, 7) is 4.24. The third-order valence-corrected chi connectivity index (χ3v) is 8.23. The molecule has 7 heteroatoms. The highest BCUT2D eigenvalue weighted by Crippen LogP contribution is 2.41. The highest BCUT2D eigenvalue weighted by Gasteiger charge is 2.41. The number of amides is 2. The number of carbonyl (C=O) groups is 2. The average molecular weight is 427 g/mol. The van der Waals surface area contributed by atoms with Crippen molar-refractivity contribution in [3.63, 3.8) is 0 Å². The number of benzene rings is 2. The highest BCUT2D eigenvalue weighted by atomic mass is 32.2. The molecule has 0 bridgehead atoms. The SMILES string of the molecule is CCN1C(=O)c2ccc(C(=O)NCC3(c4cccc(C)c4)CCCC3)cc2S1(=O)=O. The van der Waals surface area contributed by atoms with Gasteiger partial charge in [-0.05, 0) is 50.5 Å². The second-order valence-corrected chi connectivity index (χ2v) is 10.1. The second kappa shape index (κ2) is 7.54. The zero-order valence-electron chi connectivity index (χ0n) is 17.3. The third-order valence-electron chi connectivity index (χ3n) is 6.33. The van der Waals surface area contributed by atoms with E-state index in [9.17, 15) is 18.0 Å². The van der Waals surface area contributed by atoms with E-state index in [1.807, 2.05) is 0 Å². The summed E-state index contributed by atoms with van der Waals surface area (Å²) in [6, 6.07) is 12.7. The van der Waals surface area contributed by atoms with Gasteiger partial charge in [0.25, 0.3) is 21.8 Å². The fourth-order valence-corrected chi connectivity index (χ4v) is 6.28. The normalized spacial score (nSPS) is 19.0. The molecule has 6 nitrogen and oxygen atoms in total. The smallest absolute Gasteiger partial charge is 0.268 e. The molecule has 1 heterocycles. The molecule has 1 N–H and O–H groups in total. The van der Waals surface area contributed by atoms with E-state index < -0.39 is 15.9 Å². The summed E-state index contributed by atoms with van der Waals surface area (Å²) in [5.74, 6) is -0.863. The van der Waals surface area contributed by atoms with E-state index in [0.29, 0.717) is 6.54 Å². The van der Waals surface area contributed by atoms with Crippen LogP contribution in [0, 0.1) is 6.92 Å². The van der Waals surface area contributed by atoms with Gasteiger partial charge in [0.15, 0.2) is 0 Å². The van der Waals surface area contributed by atoms with Gasteiger partial charge in [-0.1, -0.05) is 42.7 Å². The summed E-state index contributed by atoms with van der Waals surface area (Å²) in [6.07, 6.45) is 4.26. The maximum Gasteiger partial charge on any atom is 0.268 e. The summed E-state index contributed by atoms with van der Waals surface area (Å²) in [7, 11) is -3.89. The molecule has 0 aromatic heterocycles. The lowest BCUT2D eigenvalue weighted by Gasteiger charge is -2.30. The minimum atomic E-state index is -3.89. The topological polar surface area (TPSA) is 83.6 Å². The number of aryl methyl sites for hydroxylation is 1. The second-order valence-electron chi connectivity index (χ2n) is 8.23. The molecule has 0 unspecified atom stereocenters. The number of hydrogen-bond donors (Lipinski definition) is 1. The third kappa shape index (κ3) is 3.31. The molecule has 1 saturated carbocycles. The van der Waals surface area contributed by atoms with E-state index in [4.69, 9.17) is 0 Å². The van der Waals surface area contributed by atoms with Crippen LogP contribution in [0.15, 0.2) is 47.4 Å². The van der Waals surface area contributed by atoms with Crippen LogP contribution in [-0.2, 0) is 15.4 Å². The number of rotatable bonds is 5. The first-order valence-corrected chi connectivity index (χ1v) is 11.8. The van der Waals surface area contributed by atoms with Gasteiger partial charge in [0.1, 0.15) is 4.90 Å². The molecule has 1 aliphatic carbocycles. The molecule has 0 atom stereocenters. The summed E-state index contributed by atoms with van der Waals surface area (Å²) in [5.41, 5.74) is 2.71. The van der Waals surface area contributed by atoms with E-state index in [-0.39, 0.29) is 33.9 Å². The lowest BCUT2D eigenvalue weighted by Crippen LogP contribution is -2.39. The van der Waals surface area contributed by atoms with Crippen LogP contribution in [0.2, 0.25) is 0 Å². The zero-order valence-corrected chi connectivity index (χ0v) is 18.1. The molecule has 2 amide bonds. The number of fused-ring (bicyclic) bond motifs is 1. The summed E-state index contributed by atoms with van der Waals surface area (Å²) in [4.78, 5) is 25.1. The molecule has 0 saturated heterocycles. The molecule has 0 radical (unpaired) electrons. The summed E-state index contributed by atoms with van der Waals surface area (Å²) >= 11 is 0. The molecule has 1 aliphatic heterocycles. The van der Waals surface area contributed by atoms with Gasteiger partial charge in [0.05, 0.1) is 5.56 Å². The average Bonchev–Trinajstić information content (AvgIpc) is 3.28. The zero-order chi connectivity index (χ0) is 21.5. The Morgan fingerprint density at radius 3 is 2.53 bits per heavy atom. The monoisotopic (exact) mass is 426 g/mol. The van der Waals surface area contributed by atoms with Gasteiger partial charge >= 0.3 is 0 Å². The van der Waals surface area contributed by atoms with Crippen molar-refractivity contribution in [1.82, 2.24) is 9.62 Å². The van der Waals surface area contributed by atoms with Gasteiger partial charge in [-0.2, -0.15) is 0 Å². The molecule has 0 spiro atoms. The standard InChI is InChI=1S/C23H26N2O4S/c1-3-25-22(27)19-10-9-17(14-20(19)30(25,28)29)21(26)24-15-23(11-4-5-12-23)18-8-6-7-16(2)13-18/h6-10,13-14H,3-5,11-12,15H2,1-2H3,(H,24,26). The van der Waals surface area contributed by atoms with E-state index in [0.717, 1.165) is 30.0 Å². The fraction of sp³-hybridized carbons (Fsp3) is 0.391. The minimum absolute atomic E-state index is 0.0659. The Labute approximate surface area is 177 Å². The maximum absolute atomic E-state index is 12.9. The number of sulfonamides is 1. The predicted octanol–water partition coefficient (Wildman–Crippen LogP) is 3.40. The Bertz CT molecular complexity index is 1120. The van der Waals surface area contributed by atoms with Crippen molar-refractivity contribution in [3.05, 3.63) is 64.7 Å². The van der Waals surface area contributed by atoms with Crippen LogP contribution in [-0.4, -0.2) is 37.6 Å². The first kappa shape index (κ1) is 20.6. The molecule has 158 valence electrons. The van der Waals surface area contributed by atoms with Gasteiger partial charge in [0, 0.05) is 24.1 Å². The van der Waals surface area contributed by atoms with Crippen molar-refractivity contribution < 1.29 is 18.0 Å². The minimum Gasteiger partial charge on any atom is -0.351 e. The lowest BCUT2D eigenvalue weighted by molar-refractivity contribution is 0.0874. The van der Waals surface area contributed by atoms with Crippen LogP contribution < -0.4 is 5.32 Å². The fourth-order valence-electron chi connectivity index (χ4n) is 4.68. The molecule has 2 aromatic carbocycles. The summed E-state index contributed by atoms with van der Waals surface area (Å²) in [5, 5.41) is 3.02. The van der Waals surface area contributed by atoms with E-state index in [1.54, 1.807) is 6.92 Å². The first-order chi connectivity index (χ1) is 14.3. The van der Waals surface area contributed by atoms with Crippen LogP contribution in [0.4, 0.5) is 0 Å². The Morgan fingerprint density at radius 1 is 1.13 bits per heavy atom. The van der Waals surface area contributed by atoms with E-state index >= 15 is 0 Å². The number of nitrogens with zero attached hydrogens (tertiary/aromatic N) is 1. The van der Waals surface area contributed by atoms with E-state index in [1.165, 1.54) is 29.3 Å². The Hall–Kier alpha value is -2.67. The Kier molecular flexibility index (Phi) is 5.18. The van der Waals surface area contributed by atoms with Crippen molar-refractivity contribution in [3.8, 4) is 0 Å². The van der Waals surface area contributed by atoms with Gasteiger partial charge in [-0.25, -0.2) is 12.7 Å². The van der Waals surface area contributed by atoms with Gasteiger partial charge in [-0.3, -0.25) is 9.59 Å². The van der Waals surface area contributed by atoms with Gasteiger partial charge in [-0.15, -0.1) is 0 Å². The number of hydrogen-bond acceptors (Lipinski definition) is 4. The predicted molar refractivity (Wildman–Crippen MR) is 114 cm³/mol. The molecular formula is C23H26N2O4S. The Morgan fingerprint density at radius 2 is 1.87 bits per heavy atom. The van der Waals surface area contributed by atoms with Crippen molar-refractivity contribution in [1.29, 1.82) is 0 Å². The maximum atomic E-state index is 12.9. The van der Waals surface area contributed by atoms with Crippen LogP contribution in [0.3, 0.4) is 0 Å². The van der Waals surface area contributed by atoms with Crippen LogP contribution in [0.5, 0.6) is 0 Å². The molecular weight excluding hydrogens is 400 g/mol. The van der Waals surface area contributed by atoms with Crippen molar-refractivity contribution in [2.24, 2.45) is 0 Å². The lowest BCUT2D eigenvalue weighted by atomic mass is 9.78. The van der Waals surface area contributed by atoms with Gasteiger partial charge < -0.3 is 5.32 Å². The first-order valence-electron chi connectivity index (χ1n) is 10.3. The van der Waals surface area contributed by atoms with Gasteiger partial charge in [0.2, 0.25) is 0 Å². The van der Waals surface area contributed by atoms with Crippen molar-refractivity contribution >= 4 is 21.8 Å². The largest absolute Gasteiger partial charge is 0.351 e. The van der Waals surface area contributed by atoms with Crippen LogP contribution in [0.25, 0.3) is 0 Å². The molecule has 1 fully saturated rings. The van der Waals surface area contributed by atoms with Crippen LogP contribution in [0.1, 0.15) is 64.4 Å². The molecule has 2 aliphatic rings. The van der Waals surface area contributed by atoms with Crippen molar-refractivity contribution in [2.45, 2.75) is 49.8 Å². The molecule has 30 heavy (non-hydrogen) atoms. The van der Waals surface area contributed by atoms with E-state index in [2.05, 4.69) is 36.5 Å². The highest BCUT2D eigenvalue weighted by molar-refractivity contribution is 7.90. The quantitative estimate of drug-likeness (QED) is 0.794. The Balaban J connectivity index is 1.57. The summed E-state index contributed by atoms with van der Waals surface area (Å²) < 4.78 is 26.1. The number of carbonyl (C=O) groups excluding carboxylic acids is 2. The number of nitrogens with one attached hydrogen (secondary N) is 1. The molecule has 4 rings (SSSR count).